The van der Waals surface area contributed by atoms with E-state index in [1.165, 1.54) is 12.1 Å². The van der Waals surface area contributed by atoms with Crippen molar-refractivity contribution in [3.8, 4) is 6.07 Å². The first-order chi connectivity index (χ1) is 8.91. The molecule has 0 aliphatic heterocycles. The van der Waals surface area contributed by atoms with Crippen LogP contribution in [0.1, 0.15) is 12.5 Å². The normalized spacial score (nSPS) is 11.1. The van der Waals surface area contributed by atoms with Crippen LogP contribution in [-0.4, -0.2) is 27.3 Å². The first-order valence-corrected chi connectivity index (χ1v) is 7.15. The molecular weight excluding hydrogens is 276 g/mol. The number of nitrogens with zero attached hydrogens (tertiary/aromatic N) is 1. The molecule has 5 nitrogen and oxygen atoms in total. The molecule has 104 valence electrons. The lowest BCUT2D eigenvalue weighted by Gasteiger charge is -2.09. The summed E-state index contributed by atoms with van der Waals surface area (Å²) < 4.78 is 51.6. The van der Waals surface area contributed by atoms with Gasteiger partial charge in [0.05, 0.1) is 17.0 Å². The third-order valence-electron chi connectivity index (χ3n) is 2.25. The van der Waals surface area contributed by atoms with E-state index in [-0.39, 0.29) is 24.5 Å². The van der Waals surface area contributed by atoms with Crippen LogP contribution in [-0.2, 0) is 10.0 Å². The minimum absolute atomic E-state index is 0.0718. The standard InChI is InChI=1S/C11H13F2N3O2S/c1-2-16-19(17,18)6-5-15-9-4-3-8(7-14)10(12)11(9)13/h3-4,15-16H,2,5-6H2,1H3. The Balaban J connectivity index is 2.70. The Bertz CT molecular complexity index is 597. The fourth-order valence-electron chi connectivity index (χ4n) is 1.38. The molecule has 0 aliphatic rings. The lowest BCUT2D eigenvalue weighted by molar-refractivity contribution is 0.508. The van der Waals surface area contributed by atoms with E-state index in [9.17, 15) is 17.2 Å². The lowest BCUT2D eigenvalue weighted by atomic mass is 10.2. The molecule has 0 saturated carbocycles. The topological polar surface area (TPSA) is 82.0 Å². The fraction of sp³-hybridized carbons (Fsp3) is 0.364. The van der Waals surface area contributed by atoms with Crippen molar-refractivity contribution in [2.45, 2.75) is 6.92 Å². The molecule has 1 aromatic carbocycles. The van der Waals surface area contributed by atoms with Crippen LogP contribution in [0.4, 0.5) is 14.5 Å². The van der Waals surface area contributed by atoms with Gasteiger partial charge in [0, 0.05) is 13.1 Å². The average Bonchev–Trinajstić information content (AvgIpc) is 2.34. The molecule has 19 heavy (non-hydrogen) atoms. The Kier molecular flexibility index (Phi) is 5.20. The quantitative estimate of drug-likeness (QED) is 0.824. The Morgan fingerprint density at radius 2 is 2.00 bits per heavy atom. The highest BCUT2D eigenvalue weighted by Crippen LogP contribution is 2.19. The van der Waals surface area contributed by atoms with E-state index in [4.69, 9.17) is 5.26 Å². The SMILES string of the molecule is CCNS(=O)(=O)CCNc1ccc(C#N)c(F)c1F. The first kappa shape index (κ1) is 15.3. The third kappa shape index (κ3) is 4.15. The molecule has 0 atom stereocenters. The first-order valence-electron chi connectivity index (χ1n) is 5.50. The van der Waals surface area contributed by atoms with Gasteiger partial charge in [0.15, 0.2) is 11.6 Å². The highest BCUT2D eigenvalue weighted by Gasteiger charge is 2.14. The summed E-state index contributed by atoms with van der Waals surface area (Å²) in [6.45, 7) is 1.83. The second-order valence-corrected chi connectivity index (χ2v) is 5.57. The molecular formula is C11H13F2N3O2S. The second kappa shape index (κ2) is 6.45. The number of rotatable bonds is 6. The maximum absolute atomic E-state index is 13.5. The zero-order valence-electron chi connectivity index (χ0n) is 10.2. The number of hydrogen-bond acceptors (Lipinski definition) is 4. The van der Waals surface area contributed by atoms with Crippen molar-refractivity contribution >= 4 is 15.7 Å². The molecule has 0 radical (unpaired) electrons. The minimum Gasteiger partial charge on any atom is -0.382 e. The van der Waals surface area contributed by atoms with E-state index in [0.29, 0.717) is 0 Å². The van der Waals surface area contributed by atoms with Crippen LogP contribution in [0.5, 0.6) is 0 Å². The van der Waals surface area contributed by atoms with Crippen molar-refractivity contribution in [1.82, 2.24) is 4.72 Å². The molecule has 0 bridgehead atoms. The summed E-state index contributed by atoms with van der Waals surface area (Å²) in [4.78, 5) is 0. The van der Waals surface area contributed by atoms with E-state index in [0.717, 1.165) is 6.07 Å². The zero-order chi connectivity index (χ0) is 14.5. The summed E-state index contributed by atoms with van der Waals surface area (Å²) in [7, 11) is -3.42. The Hall–Kier alpha value is -1.72. The largest absolute Gasteiger partial charge is 0.382 e. The van der Waals surface area contributed by atoms with Gasteiger partial charge >= 0.3 is 0 Å². The molecule has 1 aromatic rings. The predicted octanol–water partition coefficient (Wildman–Crippen LogP) is 1.19. The van der Waals surface area contributed by atoms with Crippen LogP contribution < -0.4 is 10.0 Å². The summed E-state index contributed by atoms with van der Waals surface area (Å²) in [6.07, 6.45) is 0. The fourth-order valence-corrected chi connectivity index (χ4v) is 2.34. The van der Waals surface area contributed by atoms with Gasteiger partial charge in [0.1, 0.15) is 6.07 Å². The van der Waals surface area contributed by atoms with Crippen LogP contribution in [0.3, 0.4) is 0 Å². The molecule has 0 heterocycles. The van der Waals surface area contributed by atoms with Gasteiger partial charge in [-0.15, -0.1) is 0 Å². The number of benzene rings is 1. The van der Waals surface area contributed by atoms with Crippen molar-refractivity contribution in [3.05, 3.63) is 29.3 Å². The molecule has 8 heteroatoms. The molecule has 0 fully saturated rings. The third-order valence-corrected chi connectivity index (χ3v) is 3.72. The lowest BCUT2D eigenvalue weighted by Crippen LogP contribution is -2.29. The molecule has 2 N–H and O–H groups in total. The van der Waals surface area contributed by atoms with Gasteiger partial charge in [-0.25, -0.2) is 21.9 Å². The maximum Gasteiger partial charge on any atom is 0.213 e. The van der Waals surface area contributed by atoms with Gasteiger partial charge in [-0.2, -0.15) is 5.26 Å². The Morgan fingerprint density at radius 1 is 1.32 bits per heavy atom. The summed E-state index contributed by atoms with van der Waals surface area (Å²) in [6, 6.07) is 3.83. The molecule has 1 rings (SSSR count). The molecule has 0 spiro atoms. The van der Waals surface area contributed by atoms with E-state index < -0.39 is 27.2 Å². The van der Waals surface area contributed by atoms with E-state index in [1.807, 2.05) is 0 Å². The molecule has 0 amide bonds. The van der Waals surface area contributed by atoms with E-state index in [1.54, 1.807) is 6.92 Å². The van der Waals surface area contributed by atoms with E-state index >= 15 is 0 Å². The highest BCUT2D eigenvalue weighted by molar-refractivity contribution is 7.89. The second-order valence-electron chi connectivity index (χ2n) is 3.64. The van der Waals surface area contributed by atoms with Gasteiger partial charge in [-0.3, -0.25) is 0 Å². The average molecular weight is 289 g/mol. The monoisotopic (exact) mass is 289 g/mol. The van der Waals surface area contributed by atoms with Crippen LogP contribution in [0, 0.1) is 23.0 Å². The number of nitriles is 1. The van der Waals surface area contributed by atoms with Crippen LogP contribution in [0.25, 0.3) is 0 Å². The number of hydrogen-bond donors (Lipinski definition) is 2. The number of sulfonamides is 1. The van der Waals surface area contributed by atoms with Crippen LogP contribution in [0.2, 0.25) is 0 Å². The highest BCUT2D eigenvalue weighted by atomic mass is 32.2. The maximum atomic E-state index is 13.5. The summed E-state index contributed by atoms with van der Waals surface area (Å²) in [5.74, 6) is -2.70. The van der Waals surface area contributed by atoms with Gasteiger partial charge in [-0.05, 0) is 12.1 Å². The molecule has 0 unspecified atom stereocenters. The van der Waals surface area contributed by atoms with E-state index in [2.05, 4.69) is 10.0 Å². The Labute approximate surface area is 110 Å². The number of nitrogens with one attached hydrogen (secondary N) is 2. The number of anilines is 1. The van der Waals surface area contributed by atoms with Crippen molar-refractivity contribution in [2.24, 2.45) is 0 Å². The van der Waals surface area contributed by atoms with Crippen molar-refractivity contribution in [2.75, 3.05) is 24.2 Å². The summed E-state index contributed by atoms with van der Waals surface area (Å²) >= 11 is 0. The molecule has 0 aliphatic carbocycles. The van der Waals surface area contributed by atoms with Gasteiger partial charge in [-0.1, -0.05) is 6.92 Å². The summed E-state index contributed by atoms with van der Waals surface area (Å²) in [5, 5.41) is 11.0. The van der Waals surface area contributed by atoms with Crippen LogP contribution in [0.15, 0.2) is 12.1 Å². The molecule has 0 aromatic heterocycles. The predicted molar refractivity (Wildman–Crippen MR) is 67.0 cm³/mol. The van der Waals surface area contributed by atoms with Crippen molar-refractivity contribution in [1.29, 1.82) is 5.26 Å². The smallest absolute Gasteiger partial charge is 0.213 e. The number of halogens is 2. The van der Waals surface area contributed by atoms with Crippen LogP contribution >= 0.6 is 0 Å². The molecule has 0 saturated heterocycles. The Morgan fingerprint density at radius 3 is 2.58 bits per heavy atom. The van der Waals surface area contributed by atoms with Gasteiger partial charge < -0.3 is 5.32 Å². The zero-order valence-corrected chi connectivity index (χ0v) is 11.0. The van der Waals surface area contributed by atoms with Crippen molar-refractivity contribution < 1.29 is 17.2 Å². The van der Waals surface area contributed by atoms with Gasteiger partial charge in [0.25, 0.3) is 0 Å². The summed E-state index contributed by atoms with van der Waals surface area (Å²) in [5.41, 5.74) is -0.577. The minimum atomic E-state index is -3.42. The van der Waals surface area contributed by atoms with Crippen molar-refractivity contribution in [3.63, 3.8) is 0 Å². The van der Waals surface area contributed by atoms with Gasteiger partial charge in [0.2, 0.25) is 10.0 Å².